The average Bonchev–Trinajstić information content (AvgIpc) is 3.36. The third-order valence-electron chi connectivity index (χ3n) is 6.99. The number of methoxy groups -OCH3 is 1. The molecule has 2 heterocycles. The molecule has 0 N–H and O–H groups in total. The van der Waals surface area contributed by atoms with Gasteiger partial charge in [-0.1, -0.05) is 44.5 Å². The van der Waals surface area contributed by atoms with E-state index in [2.05, 4.69) is 4.90 Å². The normalized spacial score (nSPS) is 18.1. The van der Waals surface area contributed by atoms with Crippen molar-refractivity contribution in [2.75, 3.05) is 53.0 Å². The van der Waals surface area contributed by atoms with Crippen LogP contribution in [-0.4, -0.2) is 85.4 Å². The highest BCUT2D eigenvalue weighted by Gasteiger charge is 2.35. The van der Waals surface area contributed by atoms with Gasteiger partial charge in [-0.05, 0) is 52.9 Å². The van der Waals surface area contributed by atoms with Gasteiger partial charge in [0, 0.05) is 44.0 Å². The van der Waals surface area contributed by atoms with Gasteiger partial charge in [0.2, 0.25) is 5.91 Å². The van der Waals surface area contributed by atoms with Crippen LogP contribution < -0.4 is 4.74 Å². The van der Waals surface area contributed by atoms with Crippen molar-refractivity contribution in [3.05, 3.63) is 64.7 Å². The Kier molecular flexibility index (Phi) is 9.64. The fraction of sp³-hybridized carbons (Fsp3) is 0.500. The van der Waals surface area contributed by atoms with E-state index < -0.39 is 0 Å². The number of benzene rings is 2. The summed E-state index contributed by atoms with van der Waals surface area (Å²) in [5, 5.41) is 6.98. The van der Waals surface area contributed by atoms with E-state index in [1.807, 2.05) is 69.3 Å². The van der Waals surface area contributed by atoms with Gasteiger partial charge in [0.15, 0.2) is 0 Å². The Morgan fingerprint density at radius 3 is 2.36 bits per heavy atom. The molecule has 9 heteroatoms. The molecule has 210 valence electrons. The minimum Gasteiger partial charge on any atom is -0.497 e. The Morgan fingerprint density at radius 2 is 1.74 bits per heavy atom. The molecule has 1 saturated heterocycles. The molecule has 8 nitrogen and oxygen atoms in total. The number of carbonyl (C=O) groups is 2. The van der Waals surface area contributed by atoms with Gasteiger partial charge in [-0.3, -0.25) is 14.5 Å². The number of halogens is 1. The largest absolute Gasteiger partial charge is 0.497 e. The third-order valence-corrected chi connectivity index (χ3v) is 7.25. The molecular formula is C30H39ClN4O4. The number of carbonyl (C=O) groups excluding carboxylic acids is 2. The van der Waals surface area contributed by atoms with Crippen molar-refractivity contribution in [2.24, 2.45) is 10.5 Å². The standard InChI is InChI=1S/C30H39ClN4O4/c1-30(2,3)20-28(36)34(14-13-33-15-17-39-18-16-33)21-29(37)35-27(23-5-9-24(31)10-6-23)19-26(32-35)22-7-11-25(38-4)12-8-22/h5-12,27H,13-21H2,1-4H3/t27-/m1/s1. The van der Waals surface area contributed by atoms with Crippen LogP contribution in [0.5, 0.6) is 5.75 Å². The van der Waals surface area contributed by atoms with E-state index in [0.29, 0.717) is 44.2 Å². The summed E-state index contributed by atoms with van der Waals surface area (Å²) in [6.45, 7) is 10.3. The second-order valence-corrected chi connectivity index (χ2v) is 11.7. The maximum Gasteiger partial charge on any atom is 0.262 e. The van der Waals surface area contributed by atoms with E-state index >= 15 is 0 Å². The minimum atomic E-state index is -0.286. The van der Waals surface area contributed by atoms with Gasteiger partial charge < -0.3 is 14.4 Å². The van der Waals surface area contributed by atoms with Crippen molar-refractivity contribution in [3.63, 3.8) is 0 Å². The SMILES string of the molecule is COc1ccc(C2=NN(C(=O)CN(CCN3CCOCC3)C(=O)CC(C)(C)C)[C@@H](c3ccc(Cl)cc3)C2)cc1. The zero-order valence-electron chi connectivity index (χ0n) is 23.4. The Balaban J connectivity index is 1.57. The second-order valence-electron chi connectivity index (χ2n) is 11.3. The summed E-state index contributed by atoms with van der Waals surface area (Å²) in [7, 11) is 1.63. The van der Waals surface area contributed by atoms with Gasteiger partial charge in [0.1, 0.15) is 12.3 Å². The summed E-state index contributed by atoms with van der Waals surface area (Å²) < 4.78 is 10.8. The quantitative estimate of drug-likeness (QED) is 0.452. The van der Waals surface area contributed by atoms with Gasteiger partial charge in [0.25, 0.3) is 5.91 Å². The van der Waals surface area contributed by atoms with Gasteiger partial charge in [-0.25, -0.2) is 5.01 Å². The van der Waals surface area contributed by atoms with Crippen molar-refractivity contribution in [1.29, 1.82) is 0 Å². The summed E-state index contributed by atoms with van der Waals surface area (Å²) in [5.74, 6) is 0.529. The fourth-order valence-electron chi connectivity index (χ4n) is 4.82. The highest BCUT2D eigenvalue weighted by atomic mass is 35.5. The van der Waals surface area contributed by atoms with Crippen LogP contribution in [-0.2, 0) is 14.3 Å². The van der Waals surface area contributed by atoms with Crippen molar-refractivity contribution in [2.45, 2.75) is 39.7 Å². The number of hydrogen-bond donors (Lipinski definition) is 0. The van der Waals surface area contributed by atoms with E-state index in [1.165, 1.54) is 0 Å². The van der Waals surface area contributed by atoms with Crippen LogP contribution in [0.25, 0.3) is 0 Å². The first-order chi connectivity index (χ1) is 18.6. The lowest BCUT2D eigenvalue weighted by Gasteiger charge is -2.32. The monoisotopic (exact) mass is 554 g/mol. The highest BCUT2D eigenvalue weighted by molar-refractivity contribution is 6.30. The first kappa shape index (κ1) is 29.1. The Labute approximate surface area is 236 Å². The van der Waals surface area contributed by atoms with E-state index in [9.17, 15) is 9.59 Å². The first-order valence-corrected chi connectivity index (χ1v) is 13.9. The lowest BCUT2D eigenvalue weighted by molar-refractivity contribution is -0.142. The topological polar surface area (TPSA) is 74.7 Å². The lowest BCUT2D eigenvalue weighted by Crippen LogP contribution is -2.47. The third kappa shape index (κ3) is 8.03. The molecular weight excluding hydrogens is 516 g/mol. The predicted octanol–water partition coefficient (Wildman–Crippen LogP) is 4.62. The van der Waals surface area contributed by atoms with E-state index in [0.717, 1.165) is 35.7 Å². The van der Waals surface area contributed by atoms with E-state index in [-0.39, 0.29) is 29.8 Å². The molecule has 2 aromatic rings. The van der Waals surface area contributed by atoms with Crippen LogP contribution in [0, 0.1) is 5.41 Å². The maximum absolute atomic E-state index is 13.9. The summed E-state index contributed by atoms with van der Waals surface area (Å²) >= 11 is 6.15. The molecule has 39 heavy (non-hydrogen) atoms. The molecule has 0 aliphatic carbocycles. The van der Waals surface area contributed by atoms with E-state index in [4.69, 9.17) is 26.2 Å². The molecule has 1 fully saturated rings. The molecule has 0 radical (unpaired) electrons. The van der Waals surface area contributed by atoms with Crippen LogP contribution in [0.1, 0.15) is 50.8 Å². The molecule has 2 aliphatic heterocycles. The predicted molar refractivity (Wildman–Crippen MR) is 153 cm³/mol. The maximum atomic E-state index is 13.9. The van der Waals surface area contributed by atoms with Gasteiger partial charge >= 0.3 is 0 Å². The molecule has 0 bridgehead atoms. The zero-order valence-corrected chi connectivity index (χ0v) is 24.1. The molecule has 0 aromatic heterocycles. The van der Waals surface area contributed by atoms with Crippen molar-refractivity contribution in [1.82, 2.24) is 14.8 Å². The summed E-state index contributed by atoms with van der Waals surface area (Å²) in [5.41, 5.74) is 2.50. The molecule has 1 atom stereocenters. The van der Waals surface area contributed by atoms with Crippen LogP contribution in [0.2, 0.25) is 5.02 Å². The van der Waals surface area contributed by atoms with E-state index in [1.54, 1.807) is 17.0 Å². The molecule has 0 spiro atoms. The second kappa shape index (κ2) is 12.9. The van der Waals surface area contributed by atoms with Gasteiger partial charge in [0.05, 0.1) is 32.1 Å². The number of rotatable bonds is 9. The van der Waals surface area contributed by atoms with Crippen molar-refractivity contribution < 1.29 is 19.1 Å². The number of hydrogen-bond acceptors (Lipinski definition) is 6. The summed E-state index contributed by atoms with van der Waals surface area (Å²) in [6.07, 6.45) is 0.924. The number of morpholine rings is 1. The van der Waals surface area contributed by atoms with Crippen molar-refractivity contribution in [3.8, 4) is 5.75 Å². The Morgan fingerprint density at radius 1 is 1.08 bits per heavy atom. The van der Waals surface area contributed by atoms with Gasteiger partial charge in [-0.15, -0.1) is 0 Å². The van der Waals surface area contributed by atoms with Crippen LogP contribution in [0.15, 0.2) is 53.6 Å². The van der Waals surface area contributed by atoms with Crippen LogP contribution >= 0.6 is 11.6 Å². The minimum absolute atomic E-state index is 0.0225. The first-order valence-electron chi connectivity index (χ1n) is 13.5. The van der Waals surface area contributed by atoms with Gasteiger partial charge in [-0.2, -0.15) is 5.10 Å². The molecule has 2 amide bonds. The molecule has 2 aromatic carbocycles. The van der Waals surface area contributed by atoms with Crippen LogP contribution in [0.4, 0.5) is 0 Å². The zero-order chi connectivity index (χ0) is 28.0. The number of amides is 2. The highest BCUT2D eigenvalue weighted by Crippen LogP contribution is 2.34. The molecule has 2 aliphatic rings. The number of ether oxygens (including phenoxy) is 2. The molecule has 0 unspecified atom stereocenters. The Bertz CT molecular complexity index is 1150. The average molecular weight is 555 g/mol. The number of nitrogens with zero attached hydrogens (tertiary/aromatic N) is 4. The smallest absolute Gasteiger partial charge is 0.262 e. The molecule has 4 rings (SSSR count). The Hall–Kier alpha value is -2.94. The van der Waals surface area contributed by atoms with Crippen LogP contribution in [0.3, 0.4) is 0 Å². The van der Waals surface area contributed by atoms with Crippen molar-refractivity contribution >= 4 is 29.1 Å². The number of hydrazone groups is 1. The lowest BCUT2D eigenvalue weighted by atomic mass is 9.91. The fourth-order valence-corrected chi connectivity index (χ4v) is 4.95. The summed E-state index contributed by atoms with van der Waals surface area (Å²) in [4.78, 5) is 31.2. The summed E-state index contributed by atoms with van der Waals surface area (Å²) in [6, 6.07) is 14.9. The molecule has 0 saturated carbocycles.